The second kappa shape index (κ2) is 8.21. The molecule has 4 rings (SSSR count). The molecule has 0 saturated carbocycles. The lowest BCUT2D eigenvalue weighted by Crippen LogP contribution is -2.47. The molecule has 0 bridgehead atoms. The van der Waals surface area contributed by atoms with Crippen LogP contribution < -0.4 is 10.5 Å². The molecule has 1 aromatic heterocycles. The summed E-state index contributed by atoms with van der Waals surface area (Å²) in [5.41, 5.74) is 1.04. The van der Waals surface area contributed by atoms with Crippen LogP contribution in [0.15, 0.2) is 47.3 Å². The largest absolute Gasteiger partial charge is 0.395 e. The Morgan fingerprint density at radius 2 is 1.80 bits per heavy atom. The van der Waals surface area contributed by atoms with E-state index in [1.165, 1.54) is 6.07 Å². The Morgan fingerprint density at radius 1 is 1.10 bits per heavy atom. The quantitative estimate of drug-likeness (QED) is 0.505. The maximum absolute atomic E-state index is 13.1. The Balaban J connectivity index is 1.79. The van der Waals surface area contributed by atoms with Crippen LogP contribution in [-0.4, -0.2) is 64.0 Å². The minimum absolute atomic E-state index is 0.123. The Hall–Kier alpha value is -3.30. The second-order valence-electron chi connectivity index (χ2n) is 7.33. The van der Waals surface area contributed by atoms with E-state index in [0.29, 0.717) is 17.6 Å². The molecule has 1 saturated heterocycles. The van der Waals surface area contributed by atoms with Crippen LogP contribution in [-0.2, 0) is 0 Å². The Bertz CT molecular complexity index is 1150. The zero-order valence-corrected chi connectivity index (χ0v) is 16.7. The summed E-state index contributed by atoms with van der Waals surface area (Å²) in [6.07, 6.45) is 0. The molecule has 0 spiro atoms. The molecule has 0 unspecified atom stereocenters. The monoisotopic (exact) mass is 409 g/mol. The Morgan fingerprint density at radius 3 is 2.47 bits per heavy atom. The standard InChI is InChI=1S/C21H23N5O4/c1-15-17-4-2-3-5-18(17)21(28)25(22-15)20-14-16(6-7-19(20)26(29)30)24-10-8-23(9-11-24)12-13-27/h2-7,14,27H,8-13H2,1H3. The first-order chi connectivity index (χ1) is 14.5. The van der Waals surface area contributed by atoms with Crippen LogP contribution >= 0.6 is 0 Å². The van der Waals surface area contributed by atoms with Gasteiger partial charge in [-0.25, -0.2) is 0 Å². The third-order valence-corrected chi connectivity index (χ3v) is 5.53. The van der Waals surface area contributed by atoms with E-state index in [1.807, 2.05) is 12.1 Å². The number of rotatable bonds is 5. The van der Waals surface area contributed by atoms with Crippen molar-refractivity contribution >= 4 is 22.1 Å². The number of nitro benzene ring substituents is 1. The number of hydrogen-bond acceptors (Lipinski definition) is 7. The van der Waals surface area contributed by atoms with Gasteiger partial charge in [0.05, 0.1) is 22.6 Å². The molecule has 9 heteroatoms. The summed E-state index contributed by atoms with van der Waals surface area (Å²) in [4.78, 5) is 28.6. The minimum atomic E-state index is -0.489. The highest BCUT2D eigenvalue weighted by Gasteiger charge is 2.23. The van der Waals surface area contributed by atoms with Gasteiger partial charge in [-0.1, -0.05) is 18.2 Å². The zero-order chi connectivity index (χ0) is 21.3. The van der Waals surface area contributed by atoms with E-state index in [0.717, 1.165) is 41.9 Å². The first kappa shape index (κ1) is 20.0. The molecule has 9 nitrogen and oxygen atoms in total. The number of aliphatic hydroxyl groups excluding tert-OH is 1. The number of piperazine rings is 1. The van der Waals surface area contributed by atoms with E-state index in [2.05, 4.69) is 14.9 Å². The van der Waals surface area contributed by atoms with Crippen LogP contribution in [0.5, 0.6) is 0 Å². The molecule has 156 valence electrons. The molecule has 1 fully saturated rings. The maximum atomic E-state index is 13.1. The minimum Gasteiger partial charge on any atom is -0.395 e. The molecule has 1 N–H and O–H groups in total. The van der Waals surface area contributed by atoms with Gasteiger partial charge in [-0.05, 0) is 25.1 Å². The van der Waals surface area contributed by atoms with Crippen molar-refractivity contribution in [1.82, 2.24) is 14.7 Å². The van der Waals surface area contributed by atoms with Gasteiger partial charge in [0.15, 0.2) is 0 Å². The van der Waals surface area contributed by atoms with Crippen LogP contribution in [0.2, 0.25) is 0 Å². The van der Waals surface area contributed by atoms with Gasteiger partial charge in [-0.15, -0.1) is 0 Å². The molecule has 0 aliphatic carbocycles. The molecule has 2 aromatic carbocycles. The number of aryl methyl sites for hydroxylation is 1. The van der Waals surface area contributed by atoms with Crippen molar-refractivity contribution in [2.75, 3.05) is 44.2 Å². The normalized spacial score (nSPS) is 14.9. The van der Waals surface area contributed by atoms with Crippen LogP contribution in [0.25, 0.3) is 16.5 Å². The average Bonchev–Trinajstić information content (AvgIpc) is 2.76. The van der Waals surface area contributed by atoms with E-state index < -0.39 is 4.92 Å². The predicted octanol–water partition coefficient (Wildman–Crippen LogP) is 1.72. The summed E-state index contributed by atoms with van der Waals surface area (Å²) in [7, 11) is 0. The summed E-state index contributed by atoms with van der Waals surface area (Å²) in [5, 5.41) is 26.4. The smallest absolute Gasteiger partial charge is 0.295 e. The first-order valence-electron chi connectivity index (χ1n) is 9.85. The molecule has 0 atom stereocenters. The van der Waals surface area contributed by atoms with E-state index >= 15 is 0 Å². The summed E-state index contributed by atoms with van der Waals surface area (Å²) in [6, 6.07) is 11.9. The third kappa shape index (κ3) is 3.64. The fraction of sp³-hybridized carbons (Fsp3) is 0.333. The summed E-state index contributed by atoms with van der Waals surface area (Å²) >= 11 is 0. The average molecular weight is 409 g/mol. The van der Waals surface area contributed by atoms with Gasteiger partial charge in [-0.2, -0.15) is 9.78 Å². The highest BCUT2D eigenvalue weighted by molar-refractivity contribution is 5.83. The van der Waals surface area contributed by atoms with Crippen molar-refractivity contribution in [2.45, 2.75) is 6.92 Å². The molecular formula is C21H23N5O4. The van der Waals surface area contributed by atoms with Crippen molar-refractivity contribution < 1.29 is 10.0 Å². The van der Waals surface area contributed by atoms with E-state index in [4.69, 9.17) is 5.11 Å². The molecular weight excluding hydrogens is 386 g/mol. The van der Waals surface area contributed by atoms with Gasteiger partial charge in [0.2, 0.25) is 0 Å². The number of aliphatic hydroxyl groups is 1. The van der Waals surface area contributed by atoms with Gasteiger partial charge in [0.25, 0.3) is 11.2 Å². The lowest BCUT2D eigenvalue weighted by Gasteiger charge is -2.35. The SMILES string of the molecule is Cc1nn(-c2cc(N3CCN(CCO)CC3)ccc2[N+](=O)[O-])c(=O)c2ccccc12. The van der Waals surface area contributed by atoms with Gasteiger partial charge in [0, 0.05) is 49.9 Å². The molecule has 3 aromatic rings. The van der Waals surface area contributed by atoms with Crippen molar-refractivity contribution in [3.63, 3.8) is 0 Å². The predicted molar refractivity (Wildman–Crippen MR) is 114 cm³/mol. The molecule has 1 aliphatic rings. The van der Waals surface area contributed by atoms with Crippen molar-refractivity contribution in [3.05, 3.63) is 68.6 Å². The van der Waals surface area contributed by atoms with E-state index in [9.17, 15) is 14.9 Å². The lowest BCUT2D eigenvalue weighted by molar-refractivity contribution is -0.384. The number of fused-ring (bicyclic) bond motifs is 1. The number of anilines is 1. The maximum Gasteiger partial charge on any atom is 0.295 e. The van der Waals surface area contributed by atoms with Crippen LogP contribution in [0.4, 0.5) is 11.4 Å². The third-order valence-electron chi connectivity index (χ3n) is 5.53. The molecule has 30 heavy (non-hydrogen) atoms. The number of nitrogens with zero attached hydrogens (tertiary/aromatic N) is 5. The highest BCUT2D eigenvalue weighted by atomic mass is 16.6. The highest BCUT2D eigenvalue weighted by Crippen LogP contribution is 2.28. The van der Waals surface area contributed by atoms with Crippen LogP contribution in [0, 0.1) is 17.0 Å². The first-order valence-corrected chi connectivity index (χ1v) is 9.85. The fourth-order valence-corrected chi connectivity index (χ4v) is 3.92. The van der Waals surface area contributed by atoms with Gasteiger partial charge >= 0.3 is 0 Å². The van der Waals surface area contributed by atoms with Crippen molar-refractivity contribution in [2.24, 2.45) is 0 Å². The van der Waals surface area contributed by atoms with Crippen LogP contribution in [0.1, 0.15) is 5.69 Å². The molecule has 0 radical (unpaired) electrons. The van der Waals surface area contributed by atoms with Gasteiger partial charge in [0.1, 0.15) is 5.69 Å². The molecule has 2 heterocycles. The topological polar surface area (TPSA) is 105 Å². The van der Waals surface area contributed by atoms with Crippen LogP contribution in [0.3, 0.4) is 0 Å². The van der Waals surface area contributed by atoms with Crippen molar-refractivity contribution in [1.29, 1.82) is 0 Å². The molecule has 1 aliphatic heterocycles. The second-order valence-corrected chi connectivity index (χ2v) is 7.33. The number of benzene rings is 2. The Labute approximate surface area is 172 Å². The van der Waals surface area contributed by atoms with Crippen molar-refractivity contribution in [3.8, 4) is 5.69 Å². The van der Waals surface area contributed by atoms with E-state index in [-0.39, 0.29) is 23.5 Å². The van der Waals surface area contributed by atoms with E-state index in [1.54, 1.807) is 31.2 Å². The summed E-state index contributed by atoms with van der Waals surface area (Å²) in [6.45, 7) is 5.59. The zero-order valence-electron chi connectivity index (χ0n) is 16.7. The van der Waals surface area contributed by atoms with Gasteiger partial charge < -0.3 is 10.0 Å². The summed E-state index contributed by atoms with van der Waals surface area (Å²) in [5.74, 6) is 0. The lowest BCUT2D eigenvalue weighted by atomic mass is 10.1. The summed E-state index contributed by atoms with van der Waals surface area (Å²) < 4.78 is 1.14. The Kier molecular flexibility index (Phi) is 5.47. The number of β-amino-alcohol motifs (C(OH)–C–C–N with tert-alkyl or cyclic N) is 1. The number of hydrogen-bond donors (Lipinski definition) is 1. The number of nitro groups is 1. The van der Waals surface area contributed by atoms with Gasteiger partial charge in [-0.3, -0.25) is 19.8 Å². The number of aromatic nitrogens is 2. The fourth-order valence-electron chi connectivity index (χ4n) is 3.92. The molecule has 0 amide bonds.